The average molecular weight is 309 g/mol. The first-order valence-electron chi connectivity index (χ1n) is 5.66. The Bertz CT molecular complexity index is 582. The average Bonchev–Trinajstić information content (AvgIpc) is 2.20. The van der Waals surface area contributed by atoms with Crippen LogP contribution in [-0.4, -0.2) is 26.3 Å². The number of halogens is 2. The molecule has 0 amide bonds. The molecule has 0 aliphatic carbocycles. The molecule has 0 atom stereocenters. The van der Waals surface area contributed by atoms with Crippen molar-refractivity contribution in [1.29, 1.82) is 0 Å². The molecule has 0 aliphatic heterocycles. The highest BCUT2D eigenvalue weighted by atomic mass is 35.5. The van der Waals surface area contributed by atoms with E-state index in [0.717, 1.165) is 12.1 Å². The van der Waals surface area contributed by atoms with Crippen LogP contribution in [0.1, 0.15) is 20.8 Å². The summed E-state index contributed by atoms with van der Waals surface area (Å²) in [5, 5.41) is -0.174. The molecule has 0 aliphatic rings. The zero-order valence-corrected chi connectivity index (χ0v) is 12.9. The summed E-state index contributed by atoms with van der Waals surface area (Å²) >= 11 is 5.80. The van der Waals surface area contributed by atoms with Gasteiger partial charge in [-0.2, -0.15) is 0 Å². The van der Waals surface area contributed by atoms with Crippen molar-refractivity contribution in [3.63, 3.8) is 0 Å². The number of anilines is 1. The third kappa shape index (κ3) is 3.81. The van der Waals surface area contributed by atoms with Crippen LogP contribution >= 0.6 is 11.6 Å². The number of sulfonamides is 1. The summed E-state index contributed by atoms with van der Waals surface area (Å²) in [5.41, 5.74) is 4.95. The summed E-state index contributed by atoms with van der Waals surface area (Å²) in [7, 11) is -2.33. The number of rotatable bonds is 3. The fourth-order valence-electron chi connectivity index (χ4n) is 1.66. The molecule has 0 radical (unpaired) electrons. The van der Waals surface area contributed by atoms with Crippen molar-refractivity contribution in [3.8, 4) is 0 Å². The first-order valence-corrected chi connectivity index (χ1v) is 7.48. The van der Waals surface area contributed by atoms with Crippen molar-refractivity contribution in [1.82, 2.24) is 4.31 Å². The van der Waals surface area contributed by atoms with Gasteiger partial charge in [0.05, 0.1) is 10.7 Å². The molecule has 1 aromatic rings. The molecule has 19 heavy (non-hydrogen) atoms. The van der Waals surface area contributed by atoms with Crippen LogP contribution in [0.4, 0.5) is 10.1 Å². The summed E-state index contributed by atoms with van der Waals surface area (Å²) in [5.74, 6) is -0.734. The van der Waals surface area contributed by atoms with Crippen molar-refractivity contribution < 1.29 is 12.8 Å². The minimum Gasteiger partial charge on any atom is -0.396 e. The number of benzene rings is 1. The summed E-state index contributed by atoms with van der Waals surface area (Å²) in [6, 6.07) is 1.96. The van der Waals surface area contributed by atoms with Crippen LogP contribution in [0.2, 0.25) is 5.02 Å². The van der Waals surface area contributed by atoms with Gasteiger partial charge in [0, 0.05) is 13.6 Å². The lowest BCUT2D eigenvalue weighted by Crippen LogP contribution is -2.34. The predicted molar refractivity (Wildman–Crippen MR) is 75.1 cm³/mol. The van der Waals surface area contributed by atoms with Gasteiger partial charge in [0.25, 0.3) is 0 Å². The minimum absolute atomic E-state index is 0.174. The normalized spacial score (nSPS) is 13.0. The molecule has 2 N–H and O–H groups in total. The SMILES string of the molecule is CN(CC(C)(C)C)S(=O)(=O)c1cc(N)c(F)cc1Cl. The van der Waals surface area contributed by atoms with E-state index >= 15 is 0 Å². The van der Waals surface area contributed by atoms with E-state index in [0.29, 0.717) is 6.54 Å². The summed E-state index contributed by atoms with van der Waals surface area (Å²) in [6.07, 6.45) is 0. The van der Waals surface area contributed by atoms with E-state index in [2.05, 4.69) is 0 Å². The largest absolute Gasteiger partial charge is 0.396 e. The van der Waals surface area contributed by atoms with Crippen LogP contribution in [0.5, 0.6) is 0 Å². The number of hydrogen-bond donors (Lipinski definition) is 1. The molecule has 1 aromatic carbocycles. The Morgan fingerprint density at radius 3 is 2.37 bits per heavy atom. The van der Waals surface area contributed by atoms with Crippen LogP contribution in [-0.2, 0) is 10.0 Å². The molecule has 0 unspecified atom stereocenters. The fourth-order valence-corrected chi connectivity index (χ4v) is 3.58. The zero-order valence-electron chi connectivity index (χ0n) is 11.4. The highest BCUT2D eigenvalue weighted by molar-refractivity contribution is 7.89. The maximum absolute atomic E-state index is 13.2. The van der Waals surface area contributed by atoms with Gasteiger partial charge in [0.2, 0.25) is 10.0 Å². The van der Waals surface area contributed by atoms with E-state index in [1.807, 2.05) is 20.8 Å². The van der Waals surface area contributed by atoms with Crippen LogP contribution in [0.15, 0.2) is 17.0 Å². The van der Waals surface area contributed by atoms with Crippen molar-refractivity contribution in [2.24, 2.45) is 5.41 Å². The molecule has 0 saturated heterocycles. The Balaban J connectivity index is 3.25. The van der Waals surface area contributed by atoms with E-state index in [1.54, 1.807) is 0 Å². The lowest BCUT2D eigenvalue weighted by molar-refractivity contribution is 0.311. The van der Waals surface area contributed by atoms with Gasteiger partial charge >= 0.3 is 0 Å². The lowest BCUT2D eigenvalue weighted by atomic mass is 9.97. The third-order valence-electron chi connectivity index (χ3n) is 2.44. The van der Waals surface area contributed by atoms with Gasteiger partial charge in [0.1, 0.15) is 10.7 Å². The van der Waals surface area contributed by atoms with Crippen LogP contribution in [0.25, 0.3) is 0 Å². The predicted octanol–water partition coefficient (Wildman–Crippen LogP) is 2.73. The topological polar surface area (TPSA) is 63.4 Å². The highest BCUT2D eigenvalue weighted by Gasteiger charge is 2.28. The molecule has 1 rings (SSSR count). The van der Waals surface area contributed by atoms with Gasteiger partial charge in [-0.15, -0.1) is 0 Å². The summed E-state index contributed by atoms with van der Waals surface area (Å²) < 4.78 is 39.1. The maximum atomic E-state index is 13.2. The molecule has 0 spiro atoms. The number of hydrogen-bond acceptors (Lipinski definition) is 3. The van der Waals surface area contributed by atoms with E-state index in [1.165, 1.54) is 11.4 Å². The van der Waals surface area contributed by atoms with Crippen molar-refractivity contribution in [2.45, 2.75) is 25.7 Å². The molecule has 0 bridgehead atoms. The molecule has 4 nitrogen and oxygen atoms in total. The van der Waals surface area contributed by atoms with Crippen LogP contribution < -0.4 is 5.73 Å². The van der Waals surface area contributed by atoms with Gasteiger partial charge in [-0.05, 0) is 17.5 Å². The van der Waals surface area contributed by atoms with Crippen molar-refractivity contribution >= 4 is 27.3 Å². The zero-order chi connectivity index (χ0) is 15.0. The Morgan fingerprint density at radius 2 is 1.89 bits per heavy atom. The molecule has 0 aromatic heterocycles. The standard InChI is InChI=1S/C12H18ClFN2O2S/c1-12(2,3)7-16(4)19(17,18)11-6-10(15)9(14)5-8(11)13/h5-6H,7,15H2,1-4H3. The monoisotopic (exact) mass is 308 g/mol. The van der Waals surface area contributed by atoms with E-state index < -0.39 is 15.8 Å². The number of nitrogens with zero attached hydrogens (tertiary/aromatic N) is 1. The molecule has 0 fully saturated rings. The Morgan fingerprint density at radius 1 is 1.37 bits per heavy atom. The first-order chi connectivity index (χ1) is 8.45. The summed E-state index contributed by atoms with van der Waals surface area (Å²) in [4.78, 5) is -0.181. The second-order valence-corrected chi connectivity index (χ2v) is 8.05. The van der Waals surface area contributed by atoms with Crippen molar-refractivity contribution in [2.75, 3.05) is 19.3 Å². The van der Waals surface area contributed by atoms with Crippen molar-refractivity contribution in [3.05, 3.63) is 23.0 Å². The number of nitrogen functional groups attached to an aromatic ring is 1. The fraction of sp³-hybridized carbons (Fsp3) is 0.500. The molecular weight excluding hydrogens is 291 g/mol. The molecule has 108 valence electrons. The van der Waals surface area contributed by atoms with Gasteiger partial charge in [-0.1, -0.05) is 32.4 Å². The first kappa shape index (κ1) is 16.2. The van der Waals surface area contributed by atoms with Gasteiger partial charge in [-0.3, -0.25) is 0 Å². The quantitative estimate of drug-likeness (QED) is 0.873. The lowest BCUT2D eigenvalue weighted by Gasteiger charge is -2.26. The Kier molecular flexibility index (Phi) is 4.49. The molecule has 7 heteroatoms. The second-order valence-electron chi connectivity index (χ2n) is 5.63. The third-order valence-corrected chi connectivity index (χ3v) is 4.70. The highest BCUT2D eigenvalue weighted by Crippen LogP contribution is 2.29. The van der Waals surface area contributed by atoms with Crippen LogP contribution in [0.3, 0.4) is 0 Å². The maximum Gasteiger partial charge on any atom is 0.244 e. The Labute approximate surface area is 118 Å². The van der Waals surface area contributed by atoms with Gasteiger partial charge < -0.3 is 5.73 Å². The van der Waals surface area contributed by atoms with E-state index in [9.17, 15) is 12.8 Å². The minimum atomic E-state index is -3.79. The van der Waals surface area contributed by atoms with Crippen LogP contribution in [0, 0.1) is 11.2 Å². The van der Waals surface area contributed by atoms with Gasteiger partial charge in [0.15, 0.2) is 0 Å². The summed E-state index contributed by atoms with van der Waals surface area (Å²) in [6.45, 7) is 6.06. The van der Waals surface area contributed by atoms with E-state index in [-0.39, 0.29) is 21.0 Å². The smallest absolute Gasteiger partial charge is 0.244 e. The number of nitrogens with two attached hydrogens (primary N) is 1. The molecule has 0 saturated carbocycles. The second kappa shape index (κ2) is 5.26. The molecule has 0 heterocycles. The molecular formula is C12H18ClFN2O2S. The Hall–Kier alpha value is -0.850. The van der Waals surface area contributed by atoms with E-state index in [4.69, 9.17) is 17.3 Å². The van der Waals surface area contributed by atoms with Gasteiger partial charge in [-0.25, -0.2) is 17.1 Å².